The van der Waals surface area contributed by atoms with Crippen LogP contribution in [-0.4, -0.2) is 26.8 Å². The SMILES string of the molecule is C.C.C.CC.CC.CC.CC.CC(=O)O.CC(C)=O.II.c1ccncc1.c1ccncc1. The van der Waals surface area contributed by atoms with Gasteiger partial charge < -0.3 is 9.90 Å². The maximum absolute atomic E-state index is 9.44. The van der Waals surface area contributed by atoms with E-state index in [4.69, 9.17) is 9.90 Å². The first-order valence-corrected chi connectivity index (χ1v) is 16.3. The van der Waals surface area contributed by atoms with Gasteiger partial charge in [-0.3, -0.25) is 14.8 Å². The zero-order chi connectivity index (χ0) is 25.6. The number of carbonyl (C=O) groups is 2. The summed E-state index contributed by atoms with van der Waals surface area (Å²) in [5, 5.41) is 7.42. The van der Waals surface area contributed by atoms with Gasteiger partial charge in [0.05, 0.1) is 0 Å². The van der Waals surface area contributed by atoms with Gasteiger partial charge in [-0.1, -0.05) is 89.8 Å². The lowest BCUT2D eigenvalue weighted by Crippen LogP contribution is -1.78. The lowest BCUT2D eigenvalue weighted by atomic mass is 10.5. The number of carboxylic acid groups (broad SMARTS) is 1. The number of hydrogen-bond acceptors (Lipinski definition) is 4. The van der Waals surface area contributed by atoms with E-state index in [1.807, 2.05) is 91.8 Å². The lowest BCUT2D eigenvalue weighted by Gasteiger charge is -1.70. The van der Waals surface area contributed by atoms with E-state index >= 15 is 0 Å². The standard InChI is InChI=1S/2C5H5N.C3H6O.C2H4O2.4C2H6.3CH4.I2/c2*1-2-4-6-5-3-1;1-3(2)4;1-2(3)4;4*1-2;;;;1-2/h2*1-5H;1-2H3;1H3,(H,3,4);4*1-2H3;3*1H4;. The van der Waals surface area contributed by atoms with Gasteiger partial charge in [-0.25, -0.2) is 0 Å². The van der Waals surface area contributed by atoms with Crippen molar-refractivity contribution in [3.05, 3.63) is 61.2 Å². The second-order valence-electron chi connectivity index (χ2n) is 3.48. The number of ketones is 1. The van der Waals surface area contributed by atoms with E-state index in [1.54, 1.807) is 24.8 Å². The summed E-state index contributed by atoms with van der Waals surface area (Å²) >= 11 is 4.24. The lowest BCUT2D eigenvalue weighted by molar-refractivity contribution is -0.134. The summed E-state index contributed by atoms with van der Waals surface area (Å²) in [7, 11) is 0. The molecule has 2 aromatic rings. The van der Waals surface area contributed by atoms with Crippen molar-refractivity contribution in [1.29, 1.82) is 0 Å². The molecule has 2 rings (SSSR count). The monoisotopic (exact) mass is 698 g/mol. The molecule has 0 fully saturated rings. The number of aliphatic carboxylic acids is 1. The van der Waals surface area contributed by atoms with Gasteiger partial charge in [0.15, 0.2) is 0 Å². The molecule has 0 spiro atoms. The largest absolute Gasteiger partial charge is 0.481 e. The highest BCUT2D eigenvalue weighted by atomic mass is 128. The van der Waals surface area contributed by atoms with E-state index in [0.29, 0.717) is 0 Å². The van der Waals surface area contributed by atoms with Crippen molar-refractivity contribution in [3.8, 4) is 0 Å². The maximum Gasteiger partial charge on any atom is 0.300 e. The molecule has 0 unspecified atom stereocenters. The van der Waals surface area contributed by atoms with Crippen LogP contribution in [0, 0.1) is 0 Å². The fourth-order valence-corrected chi connectivity index (χ4v) is 0.625. The van der Waals surface area contributed by atoms with Crippen LogP contribution in [0.1, 0.15) is 98.4 Å². The molecule has 202 valence electrons. The minimum atomic E-state index is -0.833. The highest BCUT2D eigenvalue weighted by molar-refractivity contribution is 15.0. The maximum atomic E-state index is 9.44. The first-order valence-electron chi connectivity index (χ1n) is 9.97. The predicted octanol–water partition coefficient (Wildman–Crippen LogP) is 10.6. The average Bonchev–Trinajstić information content (AvgIpc) is 2.82. The number of nitrogens with zero attached hydrogens (tertiary/aromatic N) is 2. The molecule has 0 aromatic carbocycles. The molecule has 0 aliphatic carbocycles. The van der Waals surface area contributed by atoms with E-state index < -0.39 is 5.97 Å². The molecule has 0 bridgehead atoms. The van der Waals surface area contributed by atoms with Crippen molar-refractivity contribution in [2.24, 2.45) is 0 Å². The third-order valence-corrected chi connectivity index (χ3v) is 1.13. The number of hydrogen-bond donors (Lipinski definition) is 1. The summed E-state index contributed by atoms with van der Waals surface area (Å²) in [5.41, 5.74) is 0. The summed E-state index contributed by atoms with van der Waals surface area (Å²) in [5.74, 6) is -0.667. The second kappa shape index (κ2) is 96.7. The molecular weight excluding hydrogens is 642 g/mol. The van der Waals surface area contributed by atoms with Gasteiger partial charge in [-0.2, -0.15) is 0 Å². The van der Waals surface area contributed by atoms with Gasteiger partial charge in [0, 0.05) is 68.9 Å². The molecule has 0 saturated heterocycles. The van der Waals surface area contributed by atoms with Crippen molar-refractivity contribution in [1.82, 2.24) is 9.97 Å². The Kier molecular flexibility index (Phi) is 186. The van der Waals surface area contributed by atoms with E-state index in [0.717, 1.165) is 6.92 Å². The van der Waals surface area contributed by atoms with Gasteiger partial charge >= 0.3 is 0 Å². The number of carboxylic acids is 1. The molecular formula is C26H56I2N2O3. The predicted molar refractivity (Wildman–Crippen MR) is 172 cm³/mol. The summed E-state index contributed by atoms with van der Waals surface area (Å²) in [6, 6.07) is 11.4. The van der Waals surface area contributed by atoms with Crippen molar-refractivity contribution in [3.63, 3.8) is 0 Å². The van der Waals surface area contributed by atoms with Crippen LogP contribution in [0.2, 0.25) is 0 Å². The van der Waals surface area contributed by atoms with Gasteiger partial charge in [-0.05, 0) is 38.1 Å². The van der Waals surface area contributed by atoms with E-state index in [1.165, 1.54) is 13.8 Å². The van der Waals surface area contributed by atoms with E-state index in [-0.39, 0.29) is 28.1 Å². The van der Waals surface area contributed by atoms with Gasteiger partial charge in [0.2, 0.25) is 0 Å². The molecule has 7 heteroatoms. The Labute approximate surface area is 232 Å². The number of carbonyl (C=O) groups excluding carboxylic acids is 1. The van der Waals surface area contributed by atoms with Crippen LogP contribution in [0.3, 0.4) is 0 Å². The first kappa shape index (κ1) is 63.5. The van der Waals surface area contributed by atoms with Crippen LogP contribution in [0.4, 0.5) is 0 Å². The van der Waals surface area contributed by atoms with Gasteiger partial charge in [-0.15, -0.1) is 0 Å². The van der Waals surface area contributed by atoms with Crippen molar-refractivity contribution in [2.75, 3.05) is 0 Å². The van der Waals surface area contributed by atoms with E-state index in [2.05, 4.69) is 47.2 Å². The number of Topliss-reactive ketones (excluding diaryl/α,β-unsaturated/α-hetero) is 1. The quantitative estimate of drug-likeness (QED) is 0.277. The molecule has 1 N–H and O–H groups in total. The van der Waals surface area contributed by atoms with Crippen LogP contribution >= 0.6 is 37.2 Å². The van der Waals surface area contributed by atoms with Crippen molar-refractivity contribution < 1.29 is 14.7 Å². The van der Waals surface area contributed by atoms with Crippen LogP contribution in [0.15, 0.2) is 61.2 Å². The van der Waals surface area contributed by atoms with Crippen LogP contribution < -0.4 is 0 Å². The Bertz CT molecular complexity index is 343. The molecule has 0 radical (unpaired) electrons. The molecule has 5 nitrogen and oxygen atoms in total. The average molecular weight is 699 g/mol. The highest BCUT2D eigenvalue weighted by Crippen LogP contribution is 1.89. The fourth-order valence-electron chi connectivity index (χ4n) is 0.625. The summed E-state index contributed by atoms with van der Waals surface area (Å²) < 4.78 is 0. The zero-order valence-electron chi connectivity index (χ0n) is 20.7. The Morgan fingerprint density at radius 3 is 0.697 bits per heavy atom. The number of rotatable bonds is 0. The molecule has 2 aromatic heterocycles. The van der Waals surface area contributed by atoms with Gasteiger partial charge in [0.1, 0.15) is 5.78 Å². The normalized spacial score (nSPS) is 5.36. The number of aromatic nitrogens is 2. The number of halogens is 2. The Morgan fingerprint density at radius 1 is 0.545 bits per heavy atom. The molecule has 0 amide bonds. The zero-order valence-corrected chi connectivity index (χ0v) is 25.0. The highest BCUT2D eigenvalue weighted by Gasteiger charge is 1.65. The molecule has 0 aliphatic rings. The molecule has 0 aliphatic heterocycles. The topological polar surface area (TPSA) is 80.1 Å². The van der Waals surface area contributed by atoms with Gasteiger partial charge in [0.25, 0.3) is 5.97 Å². The molecule has 0 saturated carbocycles. The number of pyridine rings is 2. The Morgan fingerprint density at radius 2 is 0.667 bits per heavy atom. The summed E-state index contributed by atoms with van der Waals surface area (Å²) in [6.07, 6.45) is 7.00. The smallest absolute Gasteiger partial charge is 0.300 e. The third-order valence-electron chi connectivity index (χ3n) is 1.13. The van der Waals surface area contributed by atoms with Crippen LogP contribution in [0.5, 0.6) is 0 Å². The molecule has 0 atom stereocenters. The first-order chi connectivity index (χ1) is 14.5. The summed E-state index contributed by atoms with van der Waals surface area (Å²) in [6.45, 7) is 20.1. The Balaban J connectivity index is -0.0000000234. The van der Waals surface area contributed by atoms with Crippen molar-refractivity contribution >= 4 is 49.0 Å². The molecule has 2 heterocycles. The third kappa shape index (κ3) is 217. The fraction of sp³-hybridized carbons (Fsp3) is 0.538. The minimum absolute atomic E-state index is 0. The Hall–Kier alpha value is -1.10. The molecule has 33 heavy (non-hydrogen) atoms. The van der Waals surface area contributed by atoms with E-state index in [9.17, 15) is 4.79 Å². The summed E-state index contributed by atoms with van der Waals surface area (Å²) in [4.78, 5) is 26.0. The second-order valence-corrected chi connectivity index (χ2v) is 3.48. The van der Waals surface area contributed by atoms with Crippen LogP contribution in [0.25, 0.3) is 0 Å². The minimum Gasteiger partial charge on any atom is -0.481 e. The van der Waals surface area contributed by atoms with Crippen molar-refractivity contribution in [2.45, 2.75) is 98.4 Å². The van der Waals surface area contributed by atoms with Crippen LogP contribution in [-0.2, 0) is 9.59 Å².